The van der Waals surface area contributed by atoms with Crippen molar-refractivity contribution in [3.8, 4) is 0 Å². The molecule has 1 spiro atoms. The number of hydrogen-bond donors (Lipinski definition) is 1. The molecule has 160 valence electrons. The maximum atomic E-state index is 14.3. The monoisotopic (exact) mass is 461 g/mol. The van der Waals surface area contributed by atoms with Crippen LogP contribution in [0.25, 0.3) is 0 Å². The maximum absolute atomic E-state index is 14.3. The van der Waals surface area contributed by atoms with Gasteiger partial charge in [-0.25, -0.2) is 14.0 Å². The van der Waals surface area contributed by atoms with Gasteiger partial charge in [0.05, 0.1) is 29.1 Å². The lowest BCUT2D eigenvalue weighted by atomic mass is 9.92. The van der Waals surface area contributed by atoms with Gasteiger partial charge >= 0.3 is 12.1 Å². The average molecular weight is 462 g/mol. The lowest BCUT2D eigenvalue weighted by Crippen LogP contribution is -2.46. The molecule has 3 aliphatic rings. The Bertz CT molecular complexity index is 1150. The molecule has 3 aliphatic heterocycles. The Morgan fingerprint density at radius 3 is 2.94 bits per heavy atom. The van der Waals surface area contributed by atoms with Crippen molar-refractivity contribution in [2.45, 2.75) is 18.0 Å². The lowest BCUT2D eigenvalue weighted by Gasteiger charge is -2.32. The van der Waals surface area contributed by atoms with E-state index in [4.69, 9.17) is 26.1 Å². The minimum atomic E-state index is -0.782. The van der Waals surface area contributed by atoms with E-state index in [1.807, 2.05) is 22.4 Å². The Labute approximate surface area is 186 Å². The number of hydrogen-bond acceptors (Lipinski definition) is 7. The van der Waals surface area contributed by atoms with Crippen LogP contribution in [0.4, 0.5) is 9.18 Å². The summed E-state index contributed by atoms with van der Waals surface area (Å²) in [6, 6.07) is 7.43. The highest BCUT2D eigenvalue weighted by Crippen LogP contribution is 2.44. The minimum absolute atomic E-state index is 0.0125. The highest BCUT2D eigenvalue weighted by molar-refractivity contribution is 7.12. The van der Waals surface area contributed by atoms with Gasteiger partial charge in [-0.1, -0.05) is 23.7 Å². The Balaban J connectivity index is 1.70. The van der Waals surface area contributed by atoms with E-state index >= 15 is 0 Å². The number of ether oxygens (including phenoxy) is 2. The van der Waals surface area contributed by atoms with Crippen LogP contribution < -0.4 is 5.32 Å². The largest absolute Gasteiger partial charge is 0.466 e. The van der Waals surface area contributed by atoms with Crippen LogP contribution in [0.5, 0.6) is 0 Å². The van der Waals surface area contributed by atoms with Gasteiger partial charge < -0.3 is 19.7 Å². The van der Waals surface area contributed by atoms with Crippen LogP contribution in [-0.2, 0) is 14.3 Å². The number of amidine groups is 1. The fourth-order valence-corrected chi connectivity index (χ4v) is 5.11. The first-order chi connectivity index (χ1) is 14.9. The van der Waals surface area contributed by atoms with Gasteiger partial charge in [-0.05, 0) is 29.1 Å². The van der Waals surface area contributed by atoms with Crippen molar-refractivity contribution in [2.24, 2.45) is 4.99 Å². The van der Waals surface area contributed by atoms with E-state index in [0.29, 0.717) is 35.6 Å². The zero-order valence-electron chi connectivity index (χ0n) is 16.4. The average Bonchev–Trinajstić information content (AvgIpc) is 3.49. The van der Waals surface area contributed by atoms with Gasteiger partial charge in [0.2, 0.25) is 0 Å². The molecule has 1 N–H and O–H groups in total. The van der Waals surface area contributed by atoms with Gasteiger partial charge in [-0.3, -0.25) is 4.99 Å². The van der Waals surface area contributed by atoms with Gasteiger partial charge in [0.15, 0.2) is 0 Å². The predicted molar refractivity (Wildman–Crippen MR) is 113 cm³/mol. The molecule has 0 saturated carbocycles. The molecule has 0 radical (unpaired) electrons. The first-order valence-corrected chi connectivity index (χ1v) is 10.8. The Hall–Kier alpha value is -2.91. The number of cyclic esters (lactones) is 1. The van der Waals surface area contributed by atoms with Crippen LogP contribution in [-0.4, -0.2) is 48.6 Å². The molecule has 5 rings (SSSR count). The number of amides is 1. The number of esters is 1. The molecule has 0 aliphatic carbocycles. The second-order valence-electron chi connectivity index (χ2n) is 7.60. The van der Waals surface area contributed by atoms with Crippen LogP contribution >= 0.6 is 22.9 Å². The number of benzene rings is 1. The minimum Gasteiger partial charge on any atom is -0.466 e. The van der Waals surface area contributed by atoms with E-state index < -0.39 is 29.5 Å². The lowest BCUT2D eigenvalue weighted by molar-refractivity contribution is -0.136. The number of aliphatic imine (C=N–C) groups is 1. The second kappa shape index (κ2) is 7.35. The van der Waals surface area contributed by atoms with Crippen LogP contribution in [0, 0.1) is 5.82 Å². The van der Waals surface area contributed by atoms with E-state index in [0.717, 1.165) is 4.88 Å². The van der Waals surface area contributed by atoms with E-state index in [1.54, 1.807) is 6.07 Å². The highest BCUT2D eigenvalue weighted by atomic mass is 35.5. The van der Waals surface area contributed by atoms with Gasteiger partial charge in [0.25, 0.3) is 0 Å². The topological polar surface area (TPSA) is 80.2 Å². The van der Waals surface area contributed by atoms with Crippen molar-refractivity contribution >= 4 is 40.8 Å². The fraction of sp³-hybridized carbons (Fsp3) is 0.286. The van der Waals surface area contributed by atoms with Gasteiger partial charge in [-0.2, -0.15) is 0 Å². The van der Waals surface area contributed by atoms with Gasteiger partial charge in [0.1, 0.15) is 29.8 Å². The molecular formula is C21H17ClFN3O4S. The normalized spacial score (nSPS) is 24.7. The number of carbonyl (C=O) groups excluding carboxylic acids is 2. The summed E-state index contributed by atoms with van der Waals surface area (Å²) >= 11 is 7.37. The third-order valence-electron chi connectivity index (χ3n) is 5.64. The van der Waals surface area contributed by atoms with Gasteiger partial charge in [0, 0.05) is 12.1 Å². The predicted octanol–water partition coefficient (Wildman–Crippen LogP) is 3.65. The molecule has 1 amide bonds. The van der Waals surface area contributed by atoms with Crippen molar-refractivity contribution in [3.05, 3.63) is 68.3 Å². The van der Waals surface area contributed by atoms with E-state index in [1.165, 1.54) is 30.6 Å². The molecule has 0 bridgehead atoms. The summed E-state index contributed by atoms with van der Waals surface area (Å²) in [6.45, 7) is 0.575. The summed E-state index contributed by atoms with van der Waals surface area (Å²) in [4.78, 5) is 32.4. The number of halogens is 2. The number of rotatable bonds is 3. The molecule has 2 aromatic rings. The molecule has 10 heteroatoms. The number of fused-ring (bicyclic) bond motifs is 1. The van der Waals surface area contributed by atoms with Crippen LogP contribution in [0.15, 0.2) is 52.0 Å². The van der Waals surface area contributed by atoms with Crippen LogP contribution in [0.3, 0.4) is 0 Å². The summed E-state index contributed by atoms with van der Waals surface area (Å²) < 4.78 is 24.5. The summed E-state index contributed by atoms with van der Waals surface area (Å²) in [7, 11) is 1.30. The van der Waals surface area contributed by atoms with Crippen molar-refractivity contribution < 1.29 is 23.5 Å². The van der Waals surface area contributed by atoms with Gasteiger partial charge in [-0.15, -0.1) is 11.3 Å². The Morgan fingerprint density at radius 2 is 2.29 bits per heavy atom. The smallest absolute Gasteiger partial charge is 0.407 e. The number of carbonyl (C=O) groups is 2. The molecule has 1 aromatic carbocycles. The maximum Gasteiger partial charge on any atom is 0.407 e. The third-order valence-corrected chi connectivity index (χ3v) is 6.81. The summed E-state index contributed by atoms with van der Waals surface area (Å²) in [5.41, 5.74) is 0.791. The van der Waals surface area contributed by atoms with E-state index in [9.17, 15) is 14.0 Å². The number of nitrogens with one attached hydrogen (secondary N) is 1. The summed E-state index contributed by atoms with van der Waals surface area (Å²) in [5.74, 6) is -0.504. The molecule has 7 nitrogen and oxygen atoms in total. The van der Waals surface area contributed by atoms with Crippen LogP contribution in [0.2, 0.25) is 5.02 Å². The zero-order chi connectivity index (χ0) is 21.8. The molecule has 31 heavy (non-hydrogen) atoms. The summed E-state index contributed by atoms with van der Waals surface area (Å²) in [5, 5.41) is 4.80. The van der Waals surface area contributed by atoms with Crippen molar-refractivity contribution in [1.82, 2.24) is 10.2 Å². The van der Waals surface area contributed by atoms with Crippen molar-refractivity contribution in [3.63, 3.8) is 0 Å². The SMILES string of the molecule is COC(=O)C1=C2C[C@@]3(COC(=O)N3)CN2C(c2cccs2)=N[C@H]1c1ccc(Cl)c(F)c1. The fourth-order valence-electron chi connectivity index (χ4n) is 4.27. The number of thiophene rings is 1. The Kier molecular flexibility index (Phi) is 4.75. The highest BCUT2D eigenvalue weighted by Gasteiger charge is 2.52. The molecule has 1 aromatic heterocycles. The quantitative estimate of drug-likeness (QED) is 0.706. The first kappa shape index (κ1) is 20.0. The zero-order valence-corrected chi connectivity index (χ0v) is 17.9. The molecule has 4 heterocycles. The summed E-state index contributed by atoms with van der Waals surface area (Å²) in [6.07, 6.45) is -0.133. The number of nitrogens with zero attached hydrogens (tertiary/aromatic N) is 2. The van der Waals surface area contributed by atoms with Crippen LogP contribution in [0.1, 0.15) is 22.9 Å². The van der Waals surface area contributed by atoms with E-state index in [2.05, 4.69) is 5.32 Å². The standard InChI is InChI=1S/C21H17ClFN3O4S/c1-29-19(27)16-14-8-21(10-30-20(28)25-21)9-26(14)18(15-3-2-6-31-15)24-17(16)11-4-5-12(22)13(23)7-11/h2-7,17H,8-10H2,1H3,(H,25,28)/t17-,21-/m0/s1. The number of alkyl carbamates (subject to hydrolysis) is 1. The number of methoxy groups -OCH3 is 1. The van der Waals surface area contributed by atoms with Crippen molar-refractivity contribution in [1.29, 1.82) is 0 Å². The second-order valence-corrected chi connectivity index (χ2v) is 8.96. The molecule has 2 saturated heterocycles. The molecular weight excluding hydrogens is 445 g/mol. The third kappa shape index (κ3) is 3.28. The molecule has 2 atom stereocenters. The molecule has 2 fully saturated rings. The Morgan fingerprint density at radius 1 is 1.45 bits per heavy atom. The van der Waals surface area contributed by atoms with E-state index in [-0.39, 0.29) is 11.6 Å². The first-order valence-electron chi connectivity index (χ1n) is 9.51. The molecule has 0 unspecified atom stereocenters. The van der Waals surface area contributed by atoms with Crippen molar-refractivity contribution in [2.75, 3.05) is 20.3 Å².